The number of aliphatic hydroxyl groups excluding tert-OH is 1. The Labute approximate surface area is 208 Å². The third kappa shape index (κ3) is 5.10. The number of hydrogen-bond donors (Lipinski definition) is 3. The molecule has 0 unspecified atom stereocenters. The van der Waals surface area contributed by atoms with Crippen LogP contribution in [0.4, 0.5) is 0 Å². The number of fused-ring (bicyclic) bond motifs is 1. The number of carbonyl (C=O) groups is 1. The van der Waals surface area contributed by atoms with Crippen molar-refractivity contribution in [2.75, 3.05) is 7.11 Å². The number of carbonyl (C=O) groups excluding carboxylic acids is 1. The number of aromatic nitrogens is 2. The van der Waals surface area contributed by atoms with Gasteiger partial charge in [0, 0.05) is 47.9 Å². The number of pyridine rings is 1. The molecule has 4 aromatic rings. The van der Waals surface area contributed by atoms with Gasteiger partial charge in [-0.2, -0.15) is 0 Å². The maximum Gasteiger partial charge on any atom is 0.254 e. The van der Waals surface area contributed by atoms with E-state index in [0.29, 0.717) is 24.9 Å². The number of nitrogens with zero attached hydrogens (tertiary/aromatic N) is 2. The van der Waals surface area contributed by atoms with E-state index in [2.05, 4.69) is 45.2 Å². The van der Waals surface area contributed by atoms with E-state index < -0.39 is 6.29 Å². The van der Waals surface area contributed by atoms with Crippen molar-refractivity contribution in [3.05, 3.63) is 71.4 Å². The lowest BCUT2D eigenvalue weighted by Crippen LogP contribution is -2.39. The second-order valence-corrected chi connectivity index (χ2v) is 9.99. The molecule has 0 saturated heterocycles. The van der Waals surface area contributed by atoms with Crippen molar-refractivity contribution in [2.45, 2.75) is 44.6 Å². The fourth-order valence-corrected chi connectivity index (χ4v) is 5.75. The predicted molar refractivity (Wildman–Crippen MR) is 137 cm³/mol. The lowest BCUT2D eigenvalue weighted by atomic mass is 9.85. The zero-order valence-corrected chi connectivity index (χ0v) is 20.4. The van der Waals surface area contributed by atoms with Gasteiger partial charge in [-0.25, -0.2) is 0 Å². The van der Waals surface area contributed by atoms with Crippen LogP contribution in [0.1, 0.15) is 41.6 Å². The second-order valence-electron chi connectivity index (χ2n) is 9.08. The van der Waals surface area contributed by atoms with E-state index in [1.807, 2.05) is 23.7 Å². The molecule has 0 spiro atoms. The van der Waals surface area contributed by atoms with Crippen LogP contribution in [0, 0.1) is 5.92 Å². The molecule has 1 aromatic carbocycles. The number of nitrogens with one attached hydrogen (secondary N) is 1. The molecule has 1 aliphatic carbocycles. The highest BCUT2D eigenvalue weighted by Gasteiger charge is 2.27. The van der Waals surface area contributed by atoms with Crippen LogP contribution in [0.25, 0.3) is 21.5 Å². The quantitative estimate of drug-likeness (QED) is 0.333. The van der Waals surface area contributed by atoms with Crippen molar-refractivity contribution in [1.82, 2.24) is 14.9 Å². The Morgan fingerprint density at radius 3 is 2.66 bits per heavy atom. The van der Waals surface area contributed by atoms with Crippen LogP contribution < -0.4 is 10.1 Å². The molecule has 1 fully saturated rings. The van der Waals surface area contributed by atoms with Crippen molar-refractivity contribution in [3.63, 3.8) is 0 Å². The minimum Gasteiger partial charge on any atom is -0.497 e. The molecular formula is C27H29N3O4S. The van der Waals surface area contributed by atoms with E-state index in [4.69, 9.17) is 4.74 Å². The van der Waals surface area contributed by atoms with Gasteiger partial charge in [0.15, 0.2) is 6.29 Å². The Morgan fingerprint density at radius 1 is 1.17 bits per heavy atom. The lowest BCUT2D eigenvalue weighted by Gasteiger charge is -2.29. The molecule has 1 saturated carbocycles. The minimum atomic E-state index is -1.27. The van der Waals surface area contributed by atoms with E-state index in [1.165, 1.54) is 0 Å². The van der Waals surface area contributed by atoms with Gasteiger partial charge in [0.2, 0.25) is 0 Å². The molecule has 0 radical (unpaired) electrons. The van der Waals surface area contributed by atoms with Crippen LogP contribution in [0.3, 0.4) is 0 Å². The van der Waals surface area contributed by atoms with Gasteiger partial charge in [0.05, 0.1) is 28.6 Å². The molecule has 0 aliphatic heterocycles. The highest BCUT2D eigenvalue weighted by atomic mass is 32.1. The number of thiophene rings is 1. The number of aliphatic hydroxyl groups is 2. The molecule has 3 aromatic heterocycles. The van der Waals surface area contributed by atoms with Gasteiger partial charge in [-0.1, -0.05) is 24.3 Å². The molecule has 1 aliphatic rings. The zero-order valence-electron chi connectivity index (χ0n) is 19.6. The van der Waals surface area contributed by atoms with Gasteiger partial charge in [-0.3, -0.25) is 9.78 Å². The van der Waals surface area contributed by atoms with Crippen LogP contribution in [-0.4, -0.2) is 45.1 Å². The first-order valence-electron chi connectivity index (χ1n) is 11.8. The van der Waals surface area contributed by atoms with Gasteiger partial charge in [0.25, 0.3) is 5.91 Å². The van der Waals surface area contributed by atoms with Gasteiger partial charge in [-0.15, -0.1) is 11.3 Å². The fourth-order valence-electron chi connectivity index (χ4n) is 4.80. The van der Waals surface area contributed by atoms with E-state index >= 15 is 0 Å². The summed E-state index contributed by atoms with van der Waals surface area (Å²) >= 11 is 1.58. The summed E-state index contributed by atoms with van der Waals surface area (Å²) in [6.07, 6.45) is 5.44. The van der Waals surface area contributed by atoms with Crippen LogP contribution in [0.5, 0.6) is 5.75 Å². The Morgan fingerprint density at radius 2 is 1.94 bits per heavy atom. The largest absolute Gasteiger partial charge is 0.497 e. The molecule has 7 nitrogen and oxygen atoms in total. The maximum absolute atomic E-state index is 13.1. The first-order valence-corrected chi connectivity index (χ1v) is 12.7. The van der Waals surface area contributed by atoms with Crippen molar-refractivity contribution < 1.29 is 19.7 Å². The van der Waals surface area contributed by atoms with Crippen molar-refractivity contribution in [3.8, 4) is 17.0 Å². The molecular weight excluding hydrogens is 462 g/mol. The van der Waals surface area contributed by atoms with Crippen molar-refractivity contribution in [1.29, 1.82) is 0 Å². The van der Waals surface area contributed by atoms with E-state index in [0.717, 1.165) is 45.6 Å². The standard InChI is InChI=1S/C27H29N3O4S/c1-34-21-10-12-28-23(14-21)18-4-2-17(3-5-18)15-30-13-11-24-25(30)22(16-35-24)26(31)29-20-8-6-19(7-9-20)27(32)33/h2-5,10-14,16,19-20,27,32-33H,6-9,15H2,1H3,(H,29,31). The van der Waals surface area contributed by atoms with E-state index in [9.17, 15) is 15.0 Å². The average molecular weight is 492 g/mol. The lowest BCUT2D eigenvalue weighted by molar-refractivity contribution is -0.0939. The summed E-state index contributed by atoms with van der Waals surface area (Å²) in [6, 6.07) is 14.1. The highest BCUT2D eigenvalue weighted by Crippen LogP contribution is 2.30. The Bertz CT molecular complexity index is 1300. The SMILES string of the molecule is COc1ccnc(-c2ccc(Cn3ccc4scc(C(=O)NC5CCC(C(O)O)CC5)c43)cc2)c1. The molecule has 1 amide bonds. The number of hydrogen-bond acceptors (Lipinski definition) is 6. The van der Waals surface area contributed by atoms with Gasteiger partial charge >= 0.3 is 0 Å². The average Bonchev–Trinajstić information content (AvgIpc) is 3.48. The molecule has 35 heavy (non-hydrogen) atoms. The molecule has 0 bridgehead atoms. The Hall–Kier alpha value is -3.20. The predicted octanol–water partition coefficient (Wildman–Crippen LogP) is 4.42. The number of amides is 1. The monoisotopic (exact) mass is 491 g/mol. The normalized spacial score (nSPS) is 18.2. The smallest absolute Gasteiger partial charge is 0.254 e. The first kappa shape index (κ1) is 23.5. The van der Waals surface area contributed by atoms with Crippen LogP contribution in [-0.2, 0) is 6.54 Å². The molecule has 182 valence electrons. The summed E-state index contributed by atoms with van der Waals surface area (Å²) in [6.45, 7) is 0.659. The molecule has 3 N–H and O–H groups in total. The molecule has 5 rings (SSSR count). The number of benzene rings is 1. The molecule has 3 heterocycles. The summed E-state index contributed by atoms with van der Waals surface area (Å²) < 4.78 is 8.51. The summed E-state index contributed by atoms with van der Waals surface area (Å²) in [5.41, 5.74) is 4.65. The third-order valence-corrected chi connectivity index (χ3v) is 7.77. The van der Waals surface area contributed by atoms with Gasteiger partial charge in [0.1, 0.15) is 5.75 Å². The summed E-state index contributed by atoms with van der Waals surface area (Å²) in [7, 11) is 1.64. The highest BCUT2D eigenvalue weighted by molar-refractivity contribution is 7.17. The van der Waals surface area contributed by atoms with Crippen molar-refractivity contribution in [2.24, 2.45) is 5.92 Å². The number of ether oxygens (including phenoxy) is 1. The topological polar surface area (TPSA) is 96.6 Å². The summed E-state index contributed by atoms with van der Waals surface area (Å²) in [5.74, 6) is 0.610. The van der Waals surface area contributed by atoms with Crippen LogP contribution in [0.2, 0.25) is 0 Å². The summed E-state index contributed by atoms with van der Waals surface area (Å²) in [4.78, 5) is 17.6. The number of rotatable bonds is 7. The van der Waals surface area contributed by atoms with Crippen LogP contribution >= 0.6 is 11.3 Å². The minimum absolute atomic E-state index is 0.0635. The molecule has 8 heteroatoms. The zero-order chi connectivity index (χ0) is 24.4. The Balaban J connectivity index is 1.29. The number of methoxy groups -OCH3 is 1. The van der Waals surface area contributed by atoms with E-state index in [-0.39, 0.29) is 17.9 Å². The van der Waals surface area contributed by atoms with Gasteiger partial charge < -0.3 is 24.8 Å². The van der Waals surface area contributed by atoms with Gasteiger partial charge in [-0.05, 0) is 43.4 Å². The maximum atomic E-state index is 13.1. The van der Waals surface area contributed by atoms with E-state index in [1.54, 1.807) is 24.6 Å². The third-order valence-electron chi connectivity index (χ3n) is 6.83. The first-order chi connectivity index (χ1) is 17.0. The van der Waals surface area contributed by atoms with Crippen molar-refractivity contribution >= 4 is 27.5 Å². The molecule has 0 atom stereocenters. The second kappa shape index (κ2) is 10.2. The fraction of sp³-hybridized carbons (Fsp3) is 0.333. The summed E-state index contributed by atoms with van der Waals surface area (Å²) in [5, 5.41) is 23.9. The van der Waals surface area contributed by atoms with Crippen LogP contribution in [0.15, 0.2) is 60.2 Å². The Kier molecular flexibility index (Phi) is 6.86.